The smallest absolute Gasteiger partial charge is 0.350 e. The van der Waals surface area contributed by atoms with Crippen LogP contribution in [0.1, 0.15) is 38.3 Å². The van der Waals surface area contributed by atoms with Gasteiger partial charge in [0.15, 0.2) is 0 Å². The van der Waals surface area contributed by atoms with E-state index in [1.807, 2.05) is 55.5 Å². The number of ether oxygens (including phenoxy) is 2. The number of aliphatic hydroxyl groups excluding tert-OH is 1. The van der Waals surface area contributed by atoms with E-state index in [0.29, 0.717) is 44.0 Å². The molecule has 0 aliphatic carbocycles. The molecule has 2 aliphatic heterocycles. The summed E-state index contributed by atoms with van der Waals surface area (Å²) in [4.78, 5) is 21.5. The van der Waals surface area contributed by atoms with E-state index in [1.165, 1.54) is 34.0 Å². The van der Waals surface area contributed by atoms with E-state index >= 15 is 0 Å². The predicted octanol–water partition coefficient (Wildman–Crippen LogP) is 4.53. The van der Waals surface area contributed by atoms with Crippen LogP contribution in [0.3, 0.4) is 0 Å². The zero-order valence-corrected chi connectivity index (χ0v) is 28.0. The van der Waals surface area contributed by atoms with E-state index in [1.54, 1.807) is 17.9 Å². The maximum atomic E-state index is 15.0. The van der Waals surface area contributed by atoms with Crippen molar-refractivity contribution in [2.45, 2.75) is 51.0 Å². The Kier molecular flexibility index (Phi) is 9.38. The highest BCUT2D eigenvalue weighted by atomic mass is 19.1. The lowest BCUT2D eigenvalue weighted by molar-refractivity contribution is -0.0206. The summed E-state index contributed by atoms with van der Waals surface area (Å²) in [7, 11) is 0. The Labute approximate surface area is 288 Å². The maximum Gasteiger partial charge on any atom is 0.350 e. The lowest BCUT2D eigenvalue weighted by Crippen LogP contribution is -2.32. The number of nitrogens with zero attached hydrogens (tertiary/aromatic N) is 8. The van der Waals surface area contributed by atoms with Crippen molar-refractivity contribution in [3.8, 4) is 11.4 Å². The lowest BCUT2D eigenvalue weighted by Gasteiger charge is -2.29. The minimum Gasteiger partial charge on any atom is -0.493 e. The highest BCUT2D eigenvalue weighted by Crippen LogP contribution is 2.42. The van der Waals surface area contributed by atoms with Gasteiger partial charge in [0.05, 0.1) is 44.3 Å². The van der Waals surface area contributed by atoms with Gasteiger partial charge in [0, 0.05) is 42.0 Å². The van der Waals surface area contributed by atoms with Crippen LogP contribution in [-0.4, -0.2) is 73.3 Å². The summed E-state index contributed by atoms with van der Waals surface area (Å²) in [5.41, 5.74) is 1.82. The Bertz CT molecular complexity index is 1950. The van der Waals surface area contributed by atoms with Crippen LogP contribution < -0.4 is 20.2 Å². The molecule has 262 valence electrons. The van der Waals surface area contributed by atoms with Crippen molar-refractivity contribution in [2.24, 2.45) is 5.92 Å². The van der Waals surface area contributed by atoms with Crippen molar-refractivity contribution in [3.05, 3.63) is 113 Å². The van der Waals surface area contributed by atoms with Crippen molar-refractivity contribution < 1.29 is 23.4 Å². The van der Waals surface area contributed by atoms with E-state index in [9.17, 15) is 18.7 Å². The molecule has 0 amide bonds. The summed E-state index contributed by atoms with van der Waals surface area (Å²) in [5.74, 6) is -0.592. The van der Waals surface area contributed by atoms with Gasteiger partial charge in [-0.2, -0.15) is 10.2 Å². The van der Waals surface area contributed by atoms with Gasteiger partial charge in [0.25, 0.3) is 0 Å². The third kappa shape index (κ3) is 6.72. The van der Waals surface area contributed by atoms with Gasteiger partial charge in [-0.15, -0.1) is 0 Å². The van der Waals surface area contributed by atoms with E-state index in [0.717, 1.165) is 36.3 Å². The monoisotopic (exact) mass is 686 g/mol. The molecule has 3 aromatic carbocycles. The molecular formula is C36H40F2N8O4. The van der Waals surface area contributed by atoms with E-state index in [-0.39, 0.29) is 24.2 Å². The Hall–Kier alpha value is -5.08. The predicted molar refractivity (Wildman–Crippen MR) is 182 cm³/mol. The minimum absolute atomic E-state index is 0.0199. The van der Waals surface area contributed by atoms with Gasteiger partial charge in [-0.1, -0.05) is 13.0 Å². The fourth-order valence-corrected chi connectivity index (χ4v) is 7.03. The molecule has 0 spiro atoms. The van der Waals surface area contributed by atoms with Gasteiger partial charge in [-0.25, -0.2) is 32.5 Å². The van der Waals surface area contributed by atoms with Gasteiger partial charge >= 0.3 is 5.69 Å². The van der Waals surface area contributed by atoms with Crippen LogP contribution in [0.2, 0.25) is 0 Å². The molecule has 14 heteroatoms. The molecule has 2 fully saturated rings. The Morgan fingerprint density at radius 2 is 1.68 bits per heavy atom. The van der Waals surface area contributed by atoms with Crippen LogP contribution in [-0.2, 0) is 16.9 Å². The fraction of sp³-hybridized carbons (Fsp3) is 0.389. The van der Waals surface area contributed by atoms with E-state index in [2.05, 4.69) is 25.0 Å². The molecule has 0 saturated carbocycles. The fourth-order valence-electron chi connectivity index (χ4n) is 7.03. The number of benzene rings is 3. The first-order valence-electron chi connectivity index (χ1n) is 16.8. The largest absolute Gasteiger partial charge is 0.493 e. The second-order valence-corrected chi connectivity index (χ2v) is 13.0. The quantitative estimate of drug-likeness (QED) is 0.202. The summed E-state index contributed by atoms with van der Waals surface area (Å²) >= 11 is 0. The molecule has 5 aromatic rings. The van der Waals surface area contributed by atoms with E-state index < -0.39 is 23.3 Å². The summed E-state index contributed by atoms with van der Waals surface area (Å²) in [5, 5.41) is 18.5. The molecule has 2 aromatic heterocycles. The summed E-state index contributed by atoms with van der Waals surface area (Å²) in [6.07, 6.45) is 4.85. The van der Waals surface area contributed by atoms with Gasteiger partial charge in [0.1, 0.15) is 42.0 Å². The number of hydrogen-bond acceptors (Lipinski definition) is 9. The molecule has 2 saturated heterocycles. The van der Waals surface area contributed by atoms with Crippen LogP contribution in [0.15, 0.2) is 90.5 Å². The Balaban J connectivity index is 0.950. The van der Waals surface area contributed by atoms with Crippen LogP contribution in [0, 0.1) is 17.6 Å². The standard InChI is InChI=1S/C36H40F2N8O4/c1-3-34(25(2)47)46-35(48)45(23-41-46)30-7-5-28(6-8-30)42-14-15-43(24-42)29-9-11-31(12-10-29)49-18-26-17-36(50-19-26,20-44-22-39-21-40-44)32-13-4-27(37)16-33(32)38/h4-13,16,21-23,25-26,34,47H,3,14-15,17-20,24H2,1-2H3/t25-,26+,34-,36-/m0/s1. The van der Waals surface area contributed by atoms with Gasteiger partial charge < -0.3 is 24.4 Å². The Morgan fingerprint density at radius 3 is 2.32 bits per heavy atom. The first-order chi connectivity index (χ1) is 24.2. The highest BCUT2D eigenvalue weighted by Gasteiger charge is 2.44. The second-order valence-electron chi connectivity index (χ2n) is 13.0. The molecule has 0 unspecified atom stereocenters. The summed E-state index contributed by atoms with van der Waals surface area (Å²) < 4.78 is 45.5. The van der Waals surface area contributed by atoms with Crippen molar-refractivity contribution in [1.29, 1.82) is 0 Å². The molecular weight excluding hydrogens is 646 g/mol. The van der Waals surface area contributed by atoms with Gasteiger partial charge in [0.2, 0.25) is 0 Å². The zero-order chi connectivity index (χ0) is 34.8. The summed E-state index contributed by atoms with van der Waals surface area (Å²) in [6.45, 7) is 6.96. The molecule has 50 heavy (non-hydrogen) atoms. The number of aliphatic hydroxyl groups is 1. The van der Waals surface area contributed by atoms with Crippen LogP contribution in [0.25, 0.3) is 5.69 Å². The van der Waals surface area contributed by atoms with Crippen LogP contribution >= 0.6 is 0 Å². The van der Waals surface area contributed by atoms with Crippen LogP contribution in [0.5, 0.6) is 5.75 Å². The minimum atomic E-state index is -1.02. The van der Waals surface area contributed by atoms with Gasteiger partial charge in [-0.3, -0.25) is 0 Å². The second kappa shape index (κ2) is 14.0. The third-order valence-electron chi connectivity index (χ3n) is 9.66. The number of halogens is 2. The van der Waals surface area contributed by atoms with Crippen LogP contribution in [0.4, 0.5) is 20.2 Å². The SMILES string of the molecule is CC[C@@H]([C@H](C)O)n1ncn(-c2ccc(N3CCN(c4ccc(OC[C@@H]5CO[C@@](Cn6cncn6)(c6ccc(F)cc6F)C5)cc4)C3)cc2)c1=O. The molecule has 7 rings (SSSR count). The number of rotatable bonds is 12. The zero-order valence-electron chi connectivity index (χ0n) is 28.0. The number of anilines is 2. The van der Waals surface area contributed by atoms with E-state index in [4.69, 9.17) is 9.47 Å². The first-order valence-corrected chi connectivity index (χ1v) is 16.8. The van der Waals surface area contributed by atoms with Crippen molar-refractivity contribution >= 4 is 11.4 Å². The number of hydrogen-bond donors (Lipinski definition) is 1. The highest BCUT2D eigenvalue weighted by molar-refractivity contribution is 5.57. The number of aromatic nitrogens is 6. The average Bonchev–Trinajstić information content (AvgIpc) is 3.94. The van der Waals surface area contributed by atoms with Gasteiger partial charge in [-0.05, 0) is 74.4 Å². The molecule has 4 atom stereocenters. The molecule has 0 radical (unpaired) electrons. The average molecular weight is 687 g/mol. The Morgan fingerprint density at radius 1 is 0.980 bits per heavy atom. The molecule has 0 bridgehead atoms. The molecule has 2 aliphatic rings. The third-order valence-corrected chi connectivity index (χ3v) is 9.66. The van der Waals surface area contributed by atoms with Crippen molar-refractivity contribution in [2.75, 3.05) is 42.8 Å². The van der Waals surface area contributed by atoms with Crippen molar-refractivity contribution in [1.82, 2.24) is 29.1 Å². The summed E-state index contributed by atoms with van der Waals surface area (Å²) in [6, 6.07) is 19.0. The maximum absolute atomic E-state index is 15.0. The molecule has 1 N–H and O–H groups in total. The lowest BCUT2D eigenvalue weighted by atomic mass is 9.87. The topological polar surface area (TPSA) is 116 Å². The molecule has 12 nitrogen and oxygen atoms in total. The normalized spacial score (nSPS) is 20.4. The van der Waals surface area contributed by atoms with Crippen molar-refractivity contribution in [3.63, 3.8) is 0 Å². The molecule has 4 heterocycles. The first kappa shape index (κ1) is 33.4.